The third kappa shape index (κ3) is 16.0. The monoisotopic (exact) mass is 840 g/mol. The molecule has 1 saturated heterocycles. The molecule has 1 aromatic carbocycles. The number of hydrogen-bond donors (Lipinski definition) is 10. The molecule has 324 valence electrons. The summed E-state index contributed by atoms with van der Waals surface area (Å²) in [6.07, 6.45) is -1.55. The first-order valence-corrected chi connectivity index (χ1v) is 20.3. The lowest BCUT2D eigenvalue weighted by Gasteiger charge is -2.31. The van der Waals surface area contributed by atoms with Crippen LogP contribution in [0.25, 0.3) is 0 Å². The number of phosphoric acid groups is 1. The number of aliphatic hydroxyl groups excluding tert-OH is 1. The van der Waals surface area contributed by atoms with Crippen molar-refractivity contribution in [3.8, 4) is 5.75 Å². The molecule has 21 nitrogen and oxygen atoms in total. The van der Waals surface area contributed by atoms with Crippen LogP contribution in [0.2, 0.25) is 0 Å². The molecular weight excluding hydrogens is 783 g/mol. The molecule has 22 heteroatoms. The van der Waals surface area contributed by atoms with E-state index in [-0.39, 0.29) is 50.3 Å². The minimum atomic E-state index is -4.81. The number of amides is 8. The van der Waals surface area contributed by atoms with E-state index < -0.39 is 103 Å². The quantitative estimate of drug-likeness (QED) is 0.0564. The maximum absolute atomic E-state index is 14.1. The van der Waals surface area contributed by atoms with E-state index in [2.05, 4.69) is 31.1 Å². The number of carbonyl (C=O) groups excluding carboxylic acids is 8. The molecule has 0 saturated carbocycles. The molecule has 0 aliphatic carbocycles. The number of likely N-dealkylation sites (tertiary alicyclic amines) is 1. The standard InChI is InChI=1S/C36H57N8O13P/c1-18(2)16-26(41-33(50)25(39-21(6)46)17-22-9-11-23(12-10-22)57-58(54,55)56)36(53)44-15-7-8-27(44)34(51)40-24(13-14-28(37)47)32(49)43-30(20(5)45)35(52)42-29(19(3)4)31(38)48/h9-12,18-20,24-27,29-30,45H,7-8,13-17H2,1-6H3,(H2,37,47)(H2,38,48)(H,39,46)(H,40,51)(H,41,50)(H,42,52)(H,43,49)(H2,54,55,56)/t20-,24+,25+,26+,27+,29+,30?/m1/s1. The van der Waals surface area contributed by atoms with Gasteiger partial charge in [-0.25, -0.2) is 4.57 Å². The van der Waals surface area contributed by atoms with Crippen molar-refractivity contribution in [3.63, 3.8) is 0 Å². The van der Waals surface area contributed by atoms with E-state index in [9.17, 15) is 48.0 Å². The summed E-state index contributed by atoms with van der Waals surface area (Å²) in [6.45, 7) is 9.40. The molecule has 8 amide bonds. The number of nitrogens with two attached hydrogens (primary N) is 2. The van der Waals surface area contributed by atoms with E-state index >= 15 is 0 Å². The zero-order valence-electron chi connectivity index (χ0n) is 33.4. The Morgan fingerprint density at radius 3 is 1.91 bits per heavy atom. The minimum Gasteiger partial charge on any atom is -0.404 e. The molecule has 1 aliphatic rings. The van der Waals surface area contributed by atoms with Crippen LogP contribution >= 0.6 is 7.82 Å². The summed E-state index contributed by atoms with van der Waals surface area (Å²) in [7, 11) is -4.81. The lowest BCUT2D eigenvalue weighted by Crippen LogP contribution is -2.61. The predicted octanol–water partition coefficient (Wildman–Crippen LogP) is -2.03. The molecule has 1 fully saturated rings. The number of nitrogens with zero attached hydrogens (tertiary/aromatic N) is 1. The summed E-state index contributed by atoms with van der Waals surface area (Å²) in [5.41, 5.74) is 11.2. The second-order valence-electron chi connectivity index (χ2n) is 15.0. The van der Waals surface area contributed by atoms with Crippen LogP contribution in [-0.4, -0.2) is 116 Å². The molecule has 0 radical (unpaired) electrons. The highest BCUT2D eigenvalue weighted by molar-refractivity contribution is 7.46. The molecule has 58 heavy (non-hydrogen) atoms. The number of hydrogen-bond acceptors (Lipinski definition) is 11. The van der Waals surface area contributed by atoms with Gasteiger partial charge in [0.25, 0.3) is 0 Å². The number of carbonyl (C=O) groups is 8. The fourth-order valence-electron chi connectivity index (χ4n) is 6.27. The van der Waals surface area contributed by atoms with Crippen molar-refractivity contribution in [1.29, 1.82) is 0 Å². The maximum Gasteiger partial charge on any atom is 0.524 e. The van der Waals surface area contributed by atoms with Gasteiger partial charge >= 0.3 is 7.82 Å². The summed E-state index contributed by atoms with van der Waals surface area (Å²) in [5.74, 6) is -6.89. The average molecular weight is 841 g/mol. The number of benzene rings is 1. The van der Waals surface area contributed by atoms with Crippen LogP contribution in [0.15, 0.2) is 24.3 Å². The van der Waals surface area contributed by atoms with Gasteiger partial charge in [0.1, 0.15) is 42.0 Å². The van der Waals surface area contributed by atoms with Crippen LogP contribution < -0.4 is 42.6 Å². The second kappa shape index (κ2) is 22.2. The molecule has 1 unspecified atom stereocenters. The Morgan fingerprint density at radius 2 is 1.41 bits per heavy atom. The molecule has 0 spiro atoms. The fourth-order valence-corrected chi connectivity index (χ4v) is 6.67. The predicted molar refractivity (Wildman–Crippen MR) is 206 cm³/mol. The molecular formula is C36H57N8O13P. The van der Waals surface area contributed by atoms with Gasteiger partial charge in [0.05, 0.1) is 6.10 Å². The Bertz CT molecular complexity index is 1700. The minimum absolute atomic E-state index is 0.0747. The number of nitrogens with one attached hydrogen (secondary N) is 5. The van der Waals surface area contributed by atoms with E-state index in [0.717, 1.165) is 0 Å². The zero-order chi connectivity index (χ0) is 44.1. The van der Waals surface area contributed by atoms with Crippen molar-refractivity contribution >= 4 is 55.1 Å². The van der Waals surface area contributed by atoms with Gasteiger partial charge in [-0.15, -0.1) is 0 Å². The highest BCUT2D eigenvalue weighted by atomic mass is 31.2. The Morgan fingerprint density at radius 1 is 0.828 bits per heavy atom. The summed E-state index contributed by atoms with van der Waals surface area (Å²) >= 11 is 0. The summed E-state index contributed by atoms with van der Waals surface area (Å²) in [5, 5.41) is 22.9. The fraction of sp³-hybridized carbons (Fsp3) is 0.611. The first-order chi connectivity index (χ1) is 26.9. The number of phosphoric ester groups is 1. The third-order valence-corrected chi connectivity index (χ3v) is 9.54. The summed E-state index contributed by atoms with van der Waals surface area (Å²) in [4.78, 5) is 123. The van der Waals surface area contributed by atoms with Gasteiger partial charge in [-0.3, -0.25) is 48.1 Å². The molecule has 1 aromatic rings. The largest absolute Gasteiger partial charge is 0.524 e. The molecule has 7 atom stereocenters. The van der Waals surface area contributed by atoms with Gasteiger partial charge in [-0.1, -0.05) is 39.8 Å². The molecule has 2 rings (SSSR count). The van der Waals surface area contributed by atoms with E-state index in [1.54, 1.807) is 13.8 Å². The summed E-state index contributed by atoms with van der Waals surface area (Å²) < 4.78 is 15.7. The van der Waals surface area contributed by atoms with Gasteiger partial charge in [0, 0.05) is 26.3 Å². The van der Waals surface area contributed by atoms with Gasteiger partial charge in [0.15, 0.2) is 0 Å². The van der Waals surface area contributed by atoms with Gasteiger partial charge < -0.3 is 52.6 Å². The van der Waals surface area contributed by atoms with E-state index in [4.69, 9.17) is 21.3 Å². The second-order valence-corrected chi connectivity index (χ2v) is 16.2. The molecule has 12 N–H and O–H groups in total. The highest BCUT2D eigenvalue weighted by Gasteiger charge is 2.40. The van der Waals surface area contributed by atoms with Crippen molar-refractivity contribution in [2.75, 3.05) is 6.54 Å². The van der Waals surface area contributed by atoms with Crippen molar-refractivity contribution in [2.24, 2.45) is 23.3 Å². The van der Waals surface area contributed by atoms with E-state index in [0.29, 0.717) is 12.0 Å². The lowest BCUT2D eigenvalue weighted by atomic mass is 10.00. The van der Waals surface area contributed by atoms with Crippen LogP contribution in [0.5, 0.6) is 5.75 Å². The van der Waals surface area contributed by atoms with Crippen LogP contribution in [-0.2, 0) is 49.3 Å². The lowest BCUT2D eigenvalue weighted by molar-refractivity contribution is -0.143. The first kappa shape index (κ1) is 49.0. The molecule has 1 aliphatic heterocycles. The van der Waals surface area contributed by atoms with Crippen molar-refractivity contribution in [3.05, 3.63) is 29.8 Å². The Hall–Kier alpha value is -5.11. The SMILES string of the molecule is CC(=O)N[C@@H](Cc1ccc(OP(=O)(O)O)cc1)C(=O)N[C@@H](CC(C)C)C(=O)N1CCC[C@H]1C(=O)N[C@@H](CCC(N)=O)C(=O)NC(C(=O)N[C@H](C(N)=O)C(C)C)[C@@H](C)O. The molecule has 0 aromatic heterocycles. The number of rotatable bonds is 22. The average Bonchev–Trinajstić information content (AvgIpc) is 3.59. The smallest absolute Gasteiger partial charge is 0.404 e. The molecule has 1 heterocycles. The maximum atomic E-state index is 14.1. The topological polar surface area (TPSA) is 339 Å². The Kier molecular flexibility index (Phi) is 18.7. The van der Waals surface area contributed by atoms with Crippen molar-refractivity contribution in [1.82, 2.24) is 31.5 Å². The zero-order valence-corrected chi connectivity index (χ0v) is 34.3. The first-order valence-electron chi connectivity index (χ1n) is 18.8. The number of primary amides is 2. The normalized spacial score (nSPS) is 17.2. The Balaban J connectivity index is 2.30. The van der Waals surface area contributed by atoms with Crippen LogP contribution in [0.1, 0.15) is 79.2 Å². The van der Waals surface area contributed by atoms with E-state index in [1.165, 1.54) is 43.0 Å². The van der Waals surface area contributed by atoms with Crippen molar-refractivity contribution < 1.29 is 62.3 Å². The summed E-state index contributed by atoms with van der Waals surface area (Å²) in [6, 6.07) is -2.22. The van der Waals surface area contributed by atoms with Crippen molar-refractivity contribution in [2.45, 2.75) is 122 Å². The highest BCUT2D eigenvalue weighted by Crippen LogP contribution is 2.37. The number of aliphatic hydroxyl groups is 1. The molecule has 0 bridgehead atoms. The van der Waals surface area contributed by atoms with E-state index in [1.807, 2.05) is 13.8 Å². The third-order valence-electron chi connectivity index (χ3n) is 9.09. The van der Waals surface area contributed by atoms with Crippen LogP contribution in [0, 0.1) is 11.8 Å². The van der Waals surface area contributed by atoms with Crippen LogP contribution in [0.3, 0.4) is 0 Å². The van der Waals surface area contributed by atoms with Gasteiger partial charge in [-0.05, 0) is 62.1 Å². The van der Waals surface area contributed by atoms with Gasteiger partial charge in [-0.2, -0.15) is 0 Å². The van der Waals surface area contributed by atoms with Crippen LogP contribution in [0.4, 0.5) is 0 Å². The van der Waals surface area contributed by atoms with Gasteiger partial charge in [0.2, 0.25) is 47.3 Å². The Labute approximate surface area is 336 Å².